The number of amides is 1. The van der Waals surface area contributed by atoms with E-state index in [0.29, 0.717) is 29.2 Å². The number of methoxy groups -OCH3 is 2. The van der Waals surface area contributed by atoms with E-state index >= 15 is 0 Å². The van der Waals surface area contributed by atoms with Crippen molar-refractivity contribution in [3.05, 3.63) is 59.1 Å². The molecule has 2 rings (SSSR count). The number of ether oxygens (including phenoxy) is 3. The third-order valence-electron chi connectivity index (χ3n) is 3.56. The van der Waals surface area contributed by atoms with Crippen LogP contribution in [0.15, 0.2) is 42.7 Å². The third-order valence-corrected chi connectivity index (χ3v) is 3.56. The first-order valence-corrected chi connectivity index (χ1v) is 7.87. The van der Waals surface area contributed by atoms with Crippen LogP contribution < -0.4 is 19.5 Å². The van der Waals surface area contributed by atoms with E-state index in [1.165, 1.54) is 24.5 Å². The van der Waals surface area contributed by atoms with Gasteiger partial charge in [0.2, 0.25) is 0 Å². The van der Waals surface area contributed by atoms with Gasteiger partial charge >= 0.3 is 5.97 Å². The van der Waals surface area contributed by atoms with Gasteiger partial charge in [0.15, 0.2) is 30.5 Å². The molecule has 1 amide bonds. The minimum absolute atomic E-state index is 0.204. The van der Waals surface area contributed by atoms with Crippen LogP contribution in [-0.4, -0.2) is 39.2 Å². The van der Waals surface area contributed by atoms with Crippen molar-refractivity contribution >= 4 is 11.9 Å². The molecule has 0 aliphatic carbocycles. The number of nitrogens with one attached hydrogen (secondary N) is 1. The van der Waals surface area contributed by atoms with E-state index < -0.39 is 18.5 Å². The van der Waals surface area contributed by atoms with Crippen molar-refractivity contribution in [1.82, 2.24) is 5.32 Å². The summed E-state index contributed by atoms with van der Waals surface area (Å²) >= 11 is 0. The van der Waals surface area contributed by atoms with Gasteiger partial charge in [0, 0.05) is 18.7 Å². The third kappa shape index (κ3) is 5.37. The summed E-state index contributed by atoms with van der Waals surface area (Å²) in [5.41, 5.74) is 1.17. The molecule has 0 aliphatic rings. The van der Waals surface area contributed by atoms with Crippen molar-refractivity contribution in [2.24, 2.45) is 0 Å². The van der Waals surface area contributed by atoms with Gasteiger partial charge in [0.1, 0.15) is 0 Å². The van der Waals surface area contributed by atoms with Crippen LogP contribution in [0.4, 0.5) is 0 Å². The second-order valence-corrected chi connectivity index (χ2v) is 5.31. The van der Waals surface area contributed by atoms with Crippen molar-refractivity contribution in [3.63, 3.8) is 0 Å². The summed E-state index contributed by atoms with van der Waals surface area (Å²) in [5.74, 6) is 0.178. The Labute approximate surface area is 150 Å². The van der Waals surface area contributed by atoms with Crippen LogP contribution in [0.1, 0.15) is 15.9 Å². The van der Waals surface area contributed by atoms with Gasteiger partial charge in [-0.25, -0.2) is 4.79 Å². The number of carbonyl (C=O) groups excluding carboxylic acids is 2. The fourth-order valence-corrected chi connectivity index (χ4v) is 2.20. The molecule has 1 aromatic carbocycles. The Balaban J connectivity index is 1.75. The summed E-state index contributed by atoms with van der Waals surface area (Å²) in [4.78, 5) is 23.5. The molecule has 1 aromatic heterocycles. The number of carbonyl (C=O) groups is 2. The summed E-state index contributed by atoms with van der Waals surface area (Å²) in [6.45, 7) is -0.00950. The normalized spacial score (nSPS) is 10.1. The average molecular weight is 360 g/mol. The Morgan fingerprint density at radius 2 is 1.77 bits per heavy atom. The van der Waals surface area contributed by atoms with Crippen LogP contribution in [0.5, 0.6) is 11.5 Å². The molecule has 0 radical (unpaired) electrons. The Morgan fingerprint density at radius 1 is 1.08 bits per heavy atom. The number of benzene rings is 1. The van der Waals surface area contributed by atoms with E-state index in [9.17, 15) is 14.8 Å². The first kappa shape index (κ1) is 19.0. The second kappa shape index (κ2) is 9.26. The Kier molecular flexibility index (Phi) is 6.78. The number of rotatable bonds is 8. The summed E-state index contributed by atoms with van der Waals surface area (Å²) in [6.07, 6.45) is 2.95. The van der Waals surface area contributed by atoms with Crippen LogP contribution in [0.3, 0.4) is 0 Å². The molecule has 0 spiro atoms. The predicted octanol–water partition coefficient (Wildman–Crippen LogP) is 0.853. The van der Waals surface area contributed by atoms with Crippen LogP contribution >= 0.6 is 0 Å². The molecule has 0 saturated heterocycles. The number of hydrogen-bond donors (Lipinski definition) is 1. The zero-order valence-corrected chi connectivity index (χ0v) is 14.6. The van der Waals surface area contributed by atoms with Gasteiger partial charge in [-0.05, 0) is 24.1 Å². The van der Waals surface area contributed by atoms with Crippen molar-refractivity contribution in [3.8, 4) is 11.5 Å². The number of hydrogen-bond acceptors (Lipinski definition) is 6. The summed E-state index contributed by atoms with van der Waals surface area (Å²) in [5, 5.41) is 13.6. The lowest BCUT2D eigenvalue weighted by molar-refractivity contribution is -0.605. The topological polar surface area (TPSA) is 101 Å². The Morgan fingerprint density at radius 3 is 2.42 bits per heavy atom. The standard InChI is InChI=1S/C18H20N2O6/c1-24-15-4-3-13(11-16(15)25-2)5-8-19-17(21)12-26-18(22)14-6-9-20(23)10-7-14/h3-4,6-7,9-11H,5,8,12H2,1-2H3,(H,19,21). The maximum absolute atomic E-state index is 11.8. The van der Waals surface area contributed by atoms with Gasteiger partial charge in [0.05, 0.1) is 19.8 Å². The van der Waals surface area contributed by atoms with Gasteiger partial charge in [0.25, 0.3) is 5.91 Å². The molecule has 8 nitrogen and oxygen atoms in total. The van der Waals surface area contributed by atoms with Gasteiger partial charge < -0.3 is 24.7 Å². The number of aromatic nitrogens is 1. The maximum Gasteiger partial charge on any atom is 0.339 e. The molecule has 0 atom stereocenters. The first-order chi connectivity index (χ1) is 12.5. The van der Waals surface area contributed by atoms with E-state index in [1.54, 1.807) is 20.3 Å². The summed E-state index contributed by atoms with van der Waals surface area (Å²) < 4.78 is 15.9. The minimum Gasteiger partial charge on any atom is -0.619 e. The molecule has 2 aromatic rings. The lowest BCUT2D eigenvalue weighted by Gasteiger charge is -2.10. The highest BCUT2D eigenvalue weighted by Crippen LogP contribution is 2.27. The van der Waals surface area contributed by atoms with E-state index in [2.05, 4.69) is 5.32 Å². The number of esters is 1. The van der Waals surface area contributed by atoms with Crippen molar-refractivity contribution < 1.29 is 28.5 Å². The van der Waals surface area contributed by atoms with E-state index in [1.807, 2.05) is 12.1 Å². The lowest BCUT2D eigenvalue weighted by Crippen LogP contribution is -2.30. The molecular weight excluding hydrogens is 340 g/mol. The van der Waals surface area contributed by atoms with E-state index in [-0.39, 0.29) is 5.56 Å². The SMILES string of the molecule is COc1ccc(CCNC(=O)COC(=O)c2cc[n+]([O-])cc2)cc1OC. The zero-order valence-electron chi connectivity index (χ0n) is 14.6. The number of nitrogens with zero attached hydrogens (tertiary/aromatic N) is 1. The molecular formula is C18H20N2O6. The van der Waals surface area contributed by atoms with Crippen LogP contribution in [0.25, 0.3) is 0 Å². The average Bonchev–Trinajstić information content (AvgIpc) is 2.66. The molecule has 0 saturated carbocycles. The summed E-state index contributed by atoms with van der Waals surface area (Å²) in [6, 6.07) is 8.16. The Hall–Kier alpha value is -3.29. The number of pyridine rings is 1. The van der Waals surface area contributed by atoms with Crippen LogP contribution in [0, 0.1) is 5.21 Å². The predicted molar refractivity (Wildman–Crippen MR) is 91.9 cm³/mol. The molecule has 1 N–H and O–H groups in total. The monoisotopic (exact) mass is 360 g/mol. The summed E-state index contributed by atoms with van der Waals surface area (Å²) in [7, 11) is 3.12. The zero-order chi connectivity index (χ0) is 18.9. The van der Waals surface area contributed by atoms with Crippen molar-refractivity contribution in [2.75, 3.05) is 27.4 Å². The van der Waals surface area contributed by atoms with Gasteiger partial charge in [-0.2, -0.15) is 4.73 Å². The maximum atomic E-state index is 11.8. The molecule has 0 fully saturated rings. The fraction of sp³-hybridized carbons (Fsp3) is 0.278. The molecule has 0 aliphatic heterocycles. The van der Waals surface area contributed by atoms with Crippen LogP contribution in [-0.2, 0) is 16.0 Å². The highest BCUT2D eigenvalue weighted by atomic mass is 16.5. The lowest BCUT2D eigenvalue weighted by atomic mass is 10.1. The van der Waals surface area contributed by atoms with Gasteiger partial charge in [-0.15, -0.1) is 0 Å². The fourth-order valence-electron chi connectivity index (χ4n) is 2.20. The smallest absolute Gasteiger partial charge is 0.339 e. The van der Waals surface area contributed by atoms with Gasteiger partial charge in [-0.1, -0.05) is 6.07 Å². The van der Waals surface area contributed by atoms with Gasteiger partial charge in [-0.3, -0.25) is 4.79 Å². The molecule has 138 valence electrons. The minimum atomic E-state index is -0.666. The highest BCUT2D eigenvalue weighted by molar-refractivity contribution is 5.91. The largest absolute Gasteiger partial charge is 0.619 e. The second-order valence-electron chi connectivity index (χ2n) is 5.31. The van der Waals surface area contributed by atoms with E-state index in [0.717, 1.165) is 5.56 Å². The Bertz CT molecular complexity index is 761. The van der Waals surface area contributed by atoms with E-state index in [4.69, 9.17) is 14.2 Å². The molecule has 0 bridgehead atoms. The molecule has 8 heteroatoms. The van der Waals surface area contributed by atoms with Crippen LogP contribution in [0.2, 0.25) is 0 Å². The molecule has 26 heavy (non-hydrogen) atoms. The quantitative estimate of drug-likeness (QED) is 0.426. The van der Waals surface area contributed by atoms with Crippen molar-refractivity contribution in [2.45, 2.75) is 6.42 Å². The first-order valence-electron chi connectivity index (χ1n) is 7.87. The highest BCUT2D eigenvalue weighted by Gasteiger charge is 2.11. The van der Waals surface area contributed by atoms with Crippen molar-refractivity contribution in [1.29, 1.82) is 0 Å². The molecule has 1 heterocycles. The molecule has 0 unspecified atom stereocenters.